The van der Waals surface area contributed by atoms with E-state index in [4.69, 9.17) is 9.84 Å². The lowest BCUT2D eigenvalue weighted by Crippen LogP contribution is -2.32. The van der Waals surface area contributed by atoms with E-state index in [1.165, 1.54) is 11.1 Å². The number of carbonyl (C=O) groups excluding carboxylic acids is 1. The third kappa shape index (κ3) is 4.37. The van der Waals surface area contributed by atoms with Gasteiger partial charge in [-0.3, -0.25) is 4.79 Å². The molecule has 32 heavy (non-hydrogen) atoms. The van der Waals surface area contributed by atoms with Crippen molar-refractivity contribution in [2.45, 2.75) is 44.8 Å². The van der Waals surface area contributed by atoms with Crippen molar-refractivity contribution in [1.29, 1.82) is 0 Å². The first-order valence-electron chi connectivity index (χ1n) is 11.2. The predicted octanol–water partition coefficient (Wildman–Crippen LogP) is 3.66. The monoisotopic (exact) mass is 449 g/mol. The number of nitrogens with one attached hydrogen (secondary N) is 1. The highest BCUT2D eigenvalue weighted by molar-refractivity contribution is 8.09. The van der Waals surface area contributed by atoms with Gasteiger partial charge in [-0.05, 0) is 48.1 Å². The average Bonchev–Trinajstić information content (AvgIpc) is 3.53. The molecule has 7 nitrogen and oxygen atoms in total. The molecule has 1 unspecified atom stereocenters. The van der Waals surface area contributed by atoms with Gasteiger partial charge in [0.05, 0.1) is 17.6 Å². The van der Waals surface area contributed by atoms with Crippen molar-refractivity contribution in [3.05, 3.63) is 59.1 Å². The molecular weight excluding hydrogens is 422 g/mol. The summed E-state index contributed by atoms with van der Waals surface area (Å²) in [6, 6.07) is 10.2. The summed E-state index contributed by atoms with van der Waals surface area (Å²) in [7, 11) is 0. The lowest BCUT2D eigenvalue weighted by atomic mass is 10.1. The first kappa shape index (κ1) is 21.0. The zero-order valence-corrected chi connectivity index (χ0v) is 19.2. The predicted molar refractivity (Wildman–Crippen MR) is 126 cm³/mol. The van der Waals surface area contributed by atoms with Crippen LogP contribution in [-0.4, -0.2) is 44.1 Å². The summed E-state index contributed by atoms with van der Waals surface area (Å²) >= 11 is 1.58. The second-order valence-corrected chi connectivity index (χ2v) is 9.95. The smallest absolute Gasteiger partial charge is 0.233 e. The van der Waals surface area contributed by atoms with Crippen LogP contribution in [0.5, 0.6) is 5.75 Å². The molecule has 0 fully saturated rings. The van der Waals surface area contributed by atoms with Gasteiger partial charge in [-0.1, -0.05) is 32.1 Å². The maximum Gasteiger partial charge on any atom is 0.233 e. The van der Waals surface area contributed by atoms with Crippen LogP contribution in [0.15, 0.2) is 36.4 Å². The van der Waals surface area contributed by atoms with Gasteiger partial charge in [0.15, 0.2) is 11.5 Å². The second-order valence-electron chi connectivity index (χ2n) is 8.71. The Bertz CT molecular complexity index is 1190. The molecule has 0 bridgehead atoms. The molecule has 2 aromatic heterocycles. The average molecular weight is 450 g/mol. The van der Waals surface area contributed by atoms with E-state index in [1.807, 2.05) is 22.7 Å². The van der Waals surface area contributed by atoms with Crippen molar-refractivity contribution in [3.63, 3.8) is 0 Å². The number of nitrogens with zero attached hydrogens (tertiary/aromatic N) is 4. The molecule has 2 aliphatic heterocycles. The van der Waals surface area contributed by atoms with E-state index in [9.17, 15) is 4.79 Å². The summed E-state index contributed by atoms with van der Waals surface area (Å²) in [5, 5.41) is 16.4. The van der Waals surface area contributed by atoms with E-state index in [1.54, 1.807) is 11.8 Å². The Morgan fingerprint density at radius 2 is 2.19 bits per heavy atom. The Kier molecular flexibility index (Phi) is 5.87. The van der Waals surface area contributed by atoms with Crippen molar-refractivity contribution in [2.75, 3.05) is 13.2 Å². The molecule has 2 aliphatic rings. The van der Waals surface area contributed by atoms with E-state index >= 15 is 0 Å². The maximum absolute atomic E-state index is 12.5. The Morgan fingerprint density at radius 3 is 3.06 bits per heavy atom. The zero-order valence-electron chi connectivity index (χ0n) is 18.4. The summed E-state index contributed by atoms with van der Waals surface area (Å²) in [5.41, 5.74) is 3.99. The van der Waals surface area contributed by atoms with Crippen LogP contribution < -0.4 is 10.1 Å². The van der Waals surface area contributed by atoms with Crippen LogP contribution in [0.2, 0.25) is 0 Å². The molecule has 0 spiro atoms. The van der Waals surface area contributed by atoms with Gasteiger partial charge >= 0.3 is 0 Å². The van der Waals surface area contributed by atoms with Crippen molar-refractivity contribution in [1.82, 2.24) is 25.1 Å². The van der Waals surface area contributed by atoms with Crippen molar-refractivity contribution in [2.24, 2.45) is 5.92 Å². The molecule has 0 saturated heterocycles. The van der Waals surface area contributed by atoms with E-state index in [0.717, 1.165) is 60.2 Å². The van der Waals surface area contributed by atoms with Gasteiger partial charge in [0.25, 0.3) is 0 Å². The van der Waals surface area contributed by atoms with Gasteiger partial charge in [0, 0.05) is 24.3 Å². The molecule has 3 aromatic rings. The van der Waals surface area contributed by atoms with Crippen LogP contribution in [0.1, 0.15) is 49.3 Å². The number of amides is 1. The zero-order chi connectivity index (χ0) is 22.1. The molecule has 0 saturated carbocycles. The van der Waals surface area contributed by atoms with E-state index in [2.05, 4.69) is 47.6 Å². The lowest BCUT2D eigenvalue weighted by molar-refractivity contribution is -0.120. The van der Waals surface area contributed by atoms with Gasteiger partial charge < -0.3 is 10.1 Å². The van der Waals surface area contributed by atoms with Crippen LogP contribution in [-0.2, 0) is 17.6 Å². The summed E-state index contributed by atoms with van der Waals surface area (Å²) in [6.07, 6.45) is 5.42. The van der Waals surface area contributed by atoms with Gasteiger partial charge in [-0.25, -0.2) is 0 Å². The highest BCUT2D eigenvalue weighted by atomic mass is 32.2. The van der Waals surface area contributed by atoms with Crippen LogP contribution in [0.25, 0.3) is 10.6 Å². The van der Waals surface area contributed by atoms with Gasteiger partial charge in [-0.2, -0.15) is 9.61 Å². The molecule has 4 heterocycles. The Hall–Kier alpha value is -2.87. The molecule has 1 amide bonds. The summed E-state index contributed by atoms with van der Waals surface area (Å²) in [5.74, 6) is 2.47. The van der Waals surface area contributed by atoms with Crippen LogP contribution >= 0.6 is 11.8 Å². The number of allylic oxidation sites excluding steroid dienone is 1. The van der Waals surface area contributed by atoms with Crippen molar-refractivity contribution < 1.29 is 9.53 Å². The molecule has 8 heteroatoms. The summed E-state index contributed by atoms with van der Waals surface area (Å²) < 4.78 is 7.42. The maximum atomic E-state index is 12.5. The van der Waals surface area contributed by atoms with Crippen molar-refractivity contribution >= 4 is 28.2 Å². The quantitative estimate of drug-likeness (QED) is 0.593. The molecule has 1 N–H and O–H groups in total. The summed E-state index contributed by atoms with van der Waals surface area (Å²) in [6.45, 7) is 5.80. The topological polar surface area (TPSA) is 81.4 Å². The van der Waals surface area contributed by atoms with E-state index in [0.29, 0.717) is 12.3 Å². The number of hydrogen-bond donors (Lipinski definition) is 1. The minimum atomic E-state index is -0.0938. The molecule has 1 aromatic carbocycles. The number of fused-ring (bicyclic) bond motifs is 2. The third-order valence-electron chi connectivity index (χ3n) is 5.80. The number of carbonyl (C=O) groups is 1. The Labute approximate surface area is 191 Å². The largest absolute Gasteiger partial charge is 0.493 e. The molecule has 0 radical (unpaired) electrons. The normalized spacial score (nSPS) is 17.5. The van der Waals surface area contributed by atoms with Gasteiger partial charge in [-0.15, -0.1) is 22.0 Å². The third-order valence-corrected chi connectivity index (χ3v) is 7.12. The molecule has 5 rings (SSSR count). The Morgan fingerprint density at radius 1 is 1.28 bits per heavy atom. The first-order valence-corrected chi connectivity index (χ1v) is 12.1. The number of rotatable bonds is 7. The molecule has 166 valence electrons. The first-order chi connectivity index (χ1) is 15.6. The Balaban J connectivity index is 1.29. The number of hydrogen-bond acceptors (Lipinski definition) is 6. The second kappa shape index (κ2) is 8.94. The highest BCUT2D eigenvalue weighted by Crippen LogP contribution is 2.38. The standard InChI is InChI=1S/C24H27N5O2S/c1-15(2)9-11-25-24(30)21-7-6-20(32-21)18-4-8-22-26-27-23(29(22)28-18)14-16-3-5-19-17(13-16)10-12-31-19/h3-6,8,13,15,21H,7,9-12,14H2,1-2H3,(H,25,30). The number of benzene rings is 1. The molecular formula is C24H27N5O2S. The molecule has 0 aliphatic carbocycles. The lowest BCUT2D eigenvalue weighted by Gasteiger charge is -2.12. The van der Waals surface area contributed by atoms with Crippen LogP contribution in [0.4, 0.5) is 0 Å². The van der Waals surface area contributed by atoms with E-state index < -0.39 is 0 Å². The summed E-state index contributed by atoms with van der Waals surface area (Å²) in [4.78, 5) is 13.5. The number of ether oxygens (including phenoxy) is 1. The van der Waals surface area contributed by atoms with Crippen molar-refractivity contribution in [3.8, 4) is 5.75 Å². The highest BCUT2D eigenvalue weighted by Gasteiger charge is 2.26. The van der Waals surface area contributed by atoms with E-state index in [-0.39, 0.29) is 11.2 Å². The fourth-order valence-electron chi connectivity index (χ4n) is 3.99. The SMILES string of the molecule is CC(C)CCNC(=O)C1CC=C(c2ccc3nnc(Cc4ccc5c(c4)CCO5)n3n2)S1. The molecule has 1 atom stereocenters. The minimum Gasteiger partial charge on any atom is -0.493 e. The number of aromatic nitrogens is 4. The van der Waals surface area contributed by atoms with Gasteiger partial charge in [0.2, 0.25) is 5.91 Å². The fourth-order valence-corrected chi connectivity index (χ4v) is 5.11. The minimum absolute atomic E-state index is 0.0938. The fraction of sp³-hybridized carbons (Fsp3) is 0.417. The van der Waals surface area contributed by atoms with Crippen LogP contribution in [0.3, 0.4) is 0 Å². The number of thioether (sulfide) groups is 1. The van der Waals surface area contributed by atoms with Gasteiger partial charge in [0.1, 0.15) is 5.75 Å². The van der Waals surface area contributed by atoms with Crippen LogP contribution in [0, 0.1) is 5.92 Å².